The molecular weight excluding hydrogens is 376 g/mol. The SMILES string of the molecule is CCN(CC)S(=O)(=O)N1CCCC1c1ccc(Nc2nc(C)cc(C)n2)cn1. The maximum Gasteiger partial charge on any atom is 0.282 e. The first-order valence-electron chi connectivity index (χ1n) is 9.67. The van der Waals surface area contributed by atoms with Crippen LogP contribution in [0.15, 0.2) is 24.4 Å². The Kier molecular flexibility index (Phi) is 6.26. The Morgan fingerprint density at radius 1 is 1.18 bits per heavy atom. The fourth-order valence-electron chi connectivity index (χ4n) is 3.60. The third-order valence-corrected chi connectivity index (χ3v) is 7.10. The second-order valence-electron chi connectivity index (χ2n) is 6.93. The summed E-state index contributed by atoms with van der Waals surface area (Å²) in [5.74, 6) is 0.527. The summed E-state index contributed by atoms with van der Waals surface area (Å²) in [7, 11) is -3.48. The molecule has 28 heavy (non-hydrogen) atoms. The van der Waals surface area contributed by atoms with Crippen LogP contribution in [-0.2, 0) is 10.2 Å². The number of aromatic nitrogens is 3. The van der Waals surface area contributed by atoms with Crippen LogP contribution in [0.1, 0.15) is 49.8 Å². The van der Waals surface area contributed by atoms with E-state index in [9.17, 15) is 8.42 Å². The summed E-state index contributed by atoms with van der Waals surface area (Å²) in [6.07, 6.45) is 3.32. The van der Waals surface area contributed by atoms with Crippen molar-refractivity contribution < 1.29 is 8.42 Å². The summed E-state index contributed by atoms with van der Waals surface area (Å²) < 4.78 is 29.0. The van der Waals surface area contributed by atoms with Crippen molar-refractivity contribution in [3.8, 4) is 0 Å². The van der Waals surface area contributed by atoms with E-state index < -0.39 is 10.2 Å². The van der Waals surface area contributed by atoms with Gasteiger partial charge in [-0.25, -0.2) is 9.97 Å². The molecule has 1 fully saturated rings. The molecule has 0 bridgehead atoms. The zero-order valence-corrected chi connectivity index (χ0v) is 17.7. The largest absolute Gasteiger partial charge is 0.323 e. The van der Waals surface area contributed by atoms with Crippen LogP contribution in [0.5, 0.6) is 0 Å². The van der Waals surface area contributed by atoms with Crippen molar-refractivity contribution in [3.05, 3.63) is 41.5 Å². The van der Waals surface area contributed by atoms with Crippen LogP contribution in [0.2, 0.25) is 0 Å². The van der Waals surface area contributed by atoms with E-state index in [0.29, 0.717) is 25.6 Å². The molecule has 2 aromatic rings. The Morgan fingerprint density at radius 2 is 1.86 bits per heavy atom. The lowest BCUT2D eigenvalue weighted by molar-refractivity contribution is 0.335. The quantitative estimate of drug-likeness (QED) is 0.763. The van der Waals surface area contributed by atoms with Gasteiger partial charge in [-0.3, -0.25) is 4.98 Å². The van der Waals surface area contributed by atoms with Crippen molar-refractivity contribution in [2.45, 2.75) is 46.6 Å². The number of anilines is 2. The summed E-state index contributed by atoms with van der Waals surface area (Å²) in [6.45, 7) is 9.03. The van der Waals surface area contributed by atoms with Gasteiger partial charge in [0.1, 0.15) is 0 Å². The minimum atomic E-state index is -3.48. The van der Waals surface area contributed by atoms with E-state index in [2.05, 4.69) is 20.3 Å². The average molecular weight is 405 g/mol. The maximum absolute atomic E-state index is 12.9. The van der Waals surface area contributed by atoms with Crippen LogP contribution in [0.3, 0.4) is 0 Å². The zero-order valence-electron chi connectivity index (χ0n) is 16.9. The van der Waals surface area contributed by atoms with Gasteiger partial charge in [-0.2, -0.15) is 17.0 Å². The Labute approximate surface area is 167 Å². The lowest BCUT2D eigenvalue weighted by atomic mass is 10.1. The minimum Gasteiger partial charge on any atom is -0.323 e. The van der Waals surface area contributed by atoms with E-state index in [4.69, 9.17) is 0 Å². The molecular formula is C19H28N6O2S. The molecule has 1 N–H and O–H groups in total. The fraction of sp³-hybridized carbons (Fsp3) is 0.526. The highest BCUT2D eigenvalue weighted by Crippen LogP contribution is 2.34. The highest BCUT2D eigenvalue weighted by Gasteiger charge is 2.38. The monoisotopic (exact) mass is 404 g/mol. The highest BCUT2D eigenvalue weighted by molar-refractivity contribution is 7.86. The highest BCUT2D eigenvalue weighted by atomic mass is 32.2. The Balaban J connectivity index is 1.78. The third kappa shape index (κ3) is 4.31. The number of nitrogens with one attached hydrogen (secondary N) is 1. The summed E-state index contributed by atoms with van der Waals surface area (Å²) in [5, 5.41) is 3.16. The maximum atomic E-state index is 12.9. The molecule has 0 amide bonds. The number of aryl methyl sites for hydroxylation is 2. The van der Waals surface area contributed by atoms with Gasteiger partial charge in [0.15, 0.2) is 0 Å². The fourth-order valence-corrected chi connectivity index (χ4v) is 5.44. The average Bonchev–Trinajstić information content (AvgIpc) is 3.13. The molecule has 1 unspecified atom stereocenters. The number of rotatable bonds is 7. The first kappa shape index (κ1) is 20.6. The number of pyridine rings is 1. The van der Waals surface area contributed by atoms with Crippen molar-refractivity contribution in [3.63, 3.8) is 0 Å². The molecule has 0 aromatic carbocycles. The molecule has 0 radical (unpaired) electrons. The van der Waals surface area contributed by atoms with Crippen LogP contribution < -0.4 is 5.32 Å². The van der Waals surface area contributed by atoms with E-state index in [1.54, 1.807) is 10.5 Å². The first-order valence-corrected chi connectivity index (χ1v) is 11.1. The molecule has 1 saturated heterocycles. The summed E-state index contributed by atoms with van der Waals surface area (Å²) in [6, 6.07) is 5.46. The van der Waals surface area contributed by atoms with Crippen LogP contribution in [0, 0.1) is 13.8 Å². The van der Waals surface area contributed by atoms with E-state index in [0.717, 1.165) is 35.6 Å². The summed E-state index contributed by atoms with van der Waals surface area (Å²) >= 11 is 0. The lowest BCUT2D eigenvalue weighted by Crippen LogP contribution is -2.43. The number of hydrogen-bond donors (Lipinski definition) is 1. The normalized spacial score (nSPS) is 18.0. The molecule has 1 atom stereocenters. The Bertz CT molecular complexity index is 892. The van der Waals surface area contributed by atoms with Gasteiger partial charge in [0.05, 0.1) is 23.6 Å². The van der Waals surface area contributed by atoms with E-state index >= 15 is 0 Å². The molecule has 8 nitrogen and oxygen atoms in total. The van der Waals surface area contributed by atoms with Crippen LogP contribution in [0.25, 0.3) is 0 Å². The van der Waals surface area contributed by atoms with Gasteiger partial charge in [-0.05, 0) is 44.9 Å². The predicted molar refractivity (Wildman–Crippen MR) is 110 cm³/mol. The Hall–Kier alpha value is -2.10. The van der Waals surface area contributed by atoms with Crippen molar-refractivity contribution in [1.82, 2.24) is 23.6 Å². The number of nitrogens with zero attached hydrogens (tertiary/aromatic N) is 5. The molecule has 1 aliphatic heterocycles. The molecule has 1 aliphatic rings. The van der Waals surface area contributed by atoms with Gasteiger partial charge in [-0.1, -0.05) is 13.8 Å². The standard InChI is InChI=1S/C19H28N6O2S/c1-5-24(6-2)28(26,27)25-11-7-8-18(25)17-10-9-16(13-20-17)23-19-21-14(3)12-15(4)22-19/h9-10,12-13,18H,5-8,11H2,1-4H3,(H,21,22,23). The van der Waals surface area contributed by atoms with Crippen molar-refractivity contribution in [1.29, 1.82) is 0 Å². The molecule has 3 heterocycles. The molecule has 152 valence electrons. The second kappa shape index (κ2) is 8.50. The van der Waals surface area contributed by atoms with E-state index in [1.807, 2.05) is 45.9 Å². The Morgan fingerprint density at radius 3 is 2.43 bits per heavy atom. The van der Waals surface area contributed by atoms with Gasteiger partial charge in [-0.15, -0.1) is 0 Å². The first-order chi connectivity index (χ1) is 13.3. The smallest absolute Gasteiger partial charge is 0.282 e. The molecule has 0 saturated carbocycles. The van der Waals surface area contributed by atoms with E-state index in [1.165, 1.54) is 4.31 Å². The zero-order chi connectivity index (χ0) is 20.3. The van der Waals surface area contributed by atoms with Crippen LogP contribution >= 0.6 is 0 Å². The molecule has 0 spiro atoms. The minimum absolute atomic E-state index is 0.225. The molecule has 0 aliphatic carbocycles. The molecule has 3 rings (SSSR count). The lowest BCUT2D eigenvalue weighted by Gasteiger charge is -2.29. The van der Waals surface area contributed by atoms with Gasteiger partial charge >= 0.3 is 0 Å². The molecule has 2 aromatic heterocycles. The predicted octanol–water partition coefficient (Wildman–Crippen LogP) is 2.96. The van der Waals surface area contributed by atoms with Crippen LogP contribution in [0.4, 0.5) is 11.6 Å². The van der Waals surface area contributed by atoms with Crippen molar-refractivity contribution >= 4 is 21.8 Å². The second-order valence-corrected chi connectivity index (χ2v) is 8.81. The van der Waals surface area contributed by atoms with Gasteiger partial charge in [0, 0.05) is 31.0 Å². The third-order valence-electron chi connectivity index (χ3n) is 4.90. The topological polar surface area (TPSA) is 91.3 Å². The molecule has 9 heteroatoms. The van der Waals surface area contributed by atoms with E-state index in [-0.39, 0.29) is 6.04 Å². The summed E-state index contributed by atoms with van der Waals surface area (Å²) in [5.41, 5.74) is 3.32. The van der Waals surface area contributed by atoms with Gasteiger partial charge < -0.3 is 5.32 Å². The number of hydrogen-bond acceptors (Lipinski definition) is 6. The summed E-state index contributed by atoms with van der Waals surface area (Å²) in [4.78, 5) is 13.3. The van der Waals surface area contributed by atoms with Crippen molar-refractivity contribution in [2.75, 3.05) is 25.0 Å². The van der Waals surface area contributed by atoms with Crippen LogP contribution in [-0.4, -0.2) is 51.6 Å². The van der Waals surface area contributed by atoms with Gasteiger partial charge in [0.25, 0.3) is 10.2 Å². The van der Waals surface area contributed by atoms with Crippen molar-refractivity contribution in [2.24, 2.45) is 0 Å². The van der Waals surface area contributed by atoms with Gasteiger partial charge in [0.2, 0.25) is 5.95 Å².